The number of anilines is 2. The summed E-state index contributed by atoms with van der Waals surface area (Å²) in [5.41, 5.74) is 3.44. The number of cyclic esters (lactones) is 1. The molecular weight excluding hydrogens is 510 g/mol. The van der Waals surface area contributed by atoms with Crippen molar-refractivity contribution in [1.29, 1.82) is 0 Å². The molecule has 0 radical (unpaired) electrons. The summed E-state index contributed by atoms with van der Waals surface area (Å²) < 4.78 is 17.0. The van der Waals surface area contributed by atoms with Crippen molar-refractivity contribution in [3.63, 3.8) is 0 Å². The Hall–Kier alpha value is -4.15. The van der Waals surface area contributed by atoms with E-state index in [0.717, 1.165) is 30.0 Å². The van der Waals surface area contributed by atoms with Gasteiger partial charge in [0, 0.05) is 12.6 Å². The maximum atomic E-state index is 12.5. The lowest BCUT2D eigenvalue weighted by molar-refractivity contribution is -0.118. The van der Waals surface area contributed by atoms with E-state index < -0.39 is 6.09 Å². The molecule has 0 aliphatic carbocycles. The molecular formula is C30H33N5O5. The van der Waals surface area contributed by atoms with Gasteiger partial charge < -0.3 is 24.8 Å². The molecule has 3 aliphatic rings. The van der Waals surface area contributed by atoms with Gasteiger partial charge in [-0.15, -0.1) is 0 Å². The maximum absolute atomic E-state index is 12.5. The first-order chi connectivity index (χ1) is 19.5. The minimum Gasteiger partial charge on any atom is -0.492 e. The van der Waals surface area contributed by atoms with E-state index in [1.54, 1.807) is 12.1 Å². The van der Waals surface area contributed by atoms with Gasteiger partial charge in [-0.05, 0) is 80.0 Å². The maximum Gasteiger partial charge on any atom is 0.415 e. The van der Waals surface area contributed by atoms with E-state index in [9.17, 15) is 9.59 Å². The Balaban J connectivity index is 0.987. The third kappa shape index (κ3) is 5.88. The van der Waals surface area contributed by atoms with Crippen molar-refractivity contribution in [2.24, 2.45) is 0 Å². The molecule has 3 aliphatic heterocycles. The SMILES string of the molecule is CN1CC[C@H]1COc1cccc(-c2cccc(CNCC[C@H]3CN(c4ccc5c(n4)NC(=O)CO5)C(=O)O3)c2)c1. The van der Waals surface area contributed by atoms with Crippen LogP contribution >= 0.6 is 0 Å². The Morgan fingerprint density at radius 3 is 2.77 bits per heavy atom. The fourth-order valence-corrected chi connectivity index (χ4v) is 5.06. The number of likely N-dealkylation sites (N-methyl/N-ethyl adjacent to an activating group) is 1. The molecule has 0 spiro atoms. The first kappa shape index (κ1) is 26.1. The molecule has 2 aromatic carbocycles. The second-order valence-corrected chi connectivity index (χ2v) is 10.4. The van der Waals surface area contributed by atoms with E-state index in [1.165, 1.54) is 16.9 Å². The third-order valence-electron chi connectivity index (χ3n) is 7.56. The van der Waals surface area contributed by atoms with Crippen molar-refractivity contribution < 1.29 is 23.8 Å². The van der Waals surface area contributed by atoms with E-state index in [-0.39, 0.29) is 18.6 Å². The van der Waals surface area contributed by atoms with Gasteiger partial charge in [0.2, 0.25) is 0 Å². The zero-order valence-electron chi connectivity index (χ0n) is 22.5. The fourth-order valence-electron chi connectivity index (χ4n) is 5.06. The third-order valence-corrected chi connectivity index (χ3v) is 7.56. The van der Waals surface area contributed by atoms with Gasteiger partial charge in [0.05, 0.1) is 6.54 Å². The summed E-state index contributed by atoms with van der Waals surface area (Å²) >= 11 is 0. The lowest BCUT2D eigenvalue weighted by atomic mass is 10.0. The molecule has 2 N–H and O–H groups in total. The van der Waals surface area contributed by atoms with E-state index >= 15 is 0 Å². The van der Waals surface area contributed by atoms with Crippen molar-refractivity contribution >= 4 is 23.6 Å². The molecule has 1 aromatic heterocycles. The van der Waals surface area contributed by atoms with Gasteiger partial charge in [-0.25, -0.2) is 9.78 Å². The monoisotopic (exact) mass is 543 g/mol. The largest absolute Gasteiger partial charge is 0.492 e. The van der Waals surface area contributed by atoms with Crippen LogP contribution in [0.1, 0.15) is 18.4 Å². The lowest BCUT2D eigenvalue weighted by Gasteiger charge is -2.37. The van der Waals surface area contributed by atoms with Crippen molar-refractivity contribution in [3.8, 4) is 22.6 Å². The molecule has 0 bridgehead atoms. The predicted molar refractivity (Wildman–Crippen MR) is 151 cm³/mol. The second-order valence-electron chi connectivity index (χ2n) is 10.4. The molecule has 0 saturated carbocycles. The first-order valence-electron chi connectivity index (χ1n) is 13.7. The van der Waals surface area contributed by atoms with E-state index in [0.29, 0.717) is 49.5 Å². The van der Waals surface area contributed by atoms with Crippen LogP contribution in [0.15, 0.2) is 60.7 Å². The van der Waals surface area contributed by atoms with Crippen molar-refractivity contribution in [3.05, 3.63) is 66.2 Å². The number of pyridine rings is 1. The predicted octanol–water partition coefficient (Wildman–Crippen LogP) is 3.67. The number of nitrogens with zero attached hydrogens (tertiary/aromatic N) is 3. The van der Waals surface area contributed by atoms with Crippen LogP contribution in [0.2, 0.25) is 0 Å². The molecule has 10 nitrogen and oxygen atoms in total. The van der Waals surface area contributed by atoms with Gasteiger partial charge in [0.15, 0.2) is 18.2 Å². The normalized spacial score (nSPS) is 20.3. The van der Waals surface area contributed by atoms with Gasteiger partial charge in [-0.1, -0.05) is 30.3 Å². The van der Waals surface area contributed by atoms with E-state index in [1.807, 2.05) is 12.1 Å². The summed E-state index contributed by atoms with van der Waals surface area (Å²) in [6, 6.07) is 20.6. The first-order valence-corrected chi connectivity index (χ1v) is 13.7. The summed E-state index contributed by atoms with van der Waals surface area (Å²) in [5, 5.41) is 6.13. The quantitative estimate of drug-likeness (QED) is 0.374. The highest BCUT2D eigenvalue weighted by Gasteiger charge is 2.33. The topological polar surface area (TPSA) is 105 Å². The average molecular weight is 544 g/mol. The van der Waals surface area contributed by atoms with E-state index in [2.05, 4.69) is 64.0 Å². The molecule has 2 atom stereocenters. The van der Waals surface area contributed by atoms with Gasteiger partial charge >= 0.3 is 6.09 Å². The van der Waals surface area contributed by atoms with Gasteiger partial charge in [0.1, 0.15) is 24.3 Å². The highest BCUT2D eigenvalue weighted by Crippen LogP contribution is 2.30. The average Bonchev–Trinajstić information content (AvgIpc) is 3.34. The molecule has 0 unspecified atom stereocenters. The molecule has 2 amide bonds. The highest BCUT2D eigenvalue weighted by atomic mass is 16.6. The molecule has 4 heterocycles. The Kier molecular flexibility index (Phi) is 7.52. The second kappa shape index (κ2) is 11.5. The minimum atomic E-state index is -0.445. The molecule has 40 heavy (non-hydrogen) atoms. The smallest absolute Gasteiger partial charge is 0.415 e. The van der Waals surface area contributed by atoms with Crippen molar-refractivity contribution in [1.82, 2.24) is 15.2 Å². The van der Waals surface area contributed by atoms with Gasteiger partial charge in [-0.3, -0.25) is 14.6 Å². The number of ether oxygens (including phenoxy) is 3. The number of amides is 2. The Labute approximate surface area is 233 Å². The molecule has 6 rings (SSSR count). The van der Waals surface area contributed by atoms with Crippen LogP contribution < -0.4 is 25.0 Å². The Morgan fingerprint density at radius 2 is 1.95 bits per heavy atom. The summed E-state index contributed by atoms with van der Waals surface area (Å²) in [6.45, 7) is 3.61. The summed E-state index contributed by atoms with van der Waals surface area (Å²) in [5.74, 6) is 1.84. The molecule has 3 aromatic rings. The van der Waals surface area contributed by atoms with Gasteiger partial charge in [-0.2, -0.15) is 0 Å². The van der Waals surface area contributed by atoms with Crippen LogP contribution in [0.4, 0.5) is 16.4 Å². The highest BCUT2D eigenvalue weighted by molar-refractivity contribution is 5.95. The zero-order chi connectivity index (χ0) is 27.5. The fraction of sp³-hybridized carbons (Fsp3) is 0.367. The van der Waals surface area contributed by atoms with Crippen LogP contribution in [-0.2, 0) is 16.1 Å². The Morgan fingerprint density at radius 1 is 1.10 bits per heavy atom. The molecule has 10 heteroatoms. The number of hydrogen-bond acceptors (Lipinski definition) is 8. The number of rotatable bonds is 10. The number of carbonyl (C=O) groups is 2. The number of fused-ring (bicyclic) bond motifs is 1. The van der Waals surface area contributed by atoms with E-state index in [4.69, 9.17) is 14.2 Å². The summed E-state index contributed by atoms with van der Waals surface area (Å²) in [4.78, 5) is 32.3. The number of carbonyl (C=O) groups excluding carboxylic acids is 2. The standard InChI is InChI=1S/C30H33N5O5/c1-34-13-11-23(34)18-38-24-7-3-6-22(15-24)21-5-2-4-20(14-21)16-31-12-10-25-17-35(30(37)40-25)27-9-8-26-29(32-27)33-28(36)19-39-26/h2-9,14-15,23,25,31H,10-13,16-19H2,1H3,(H,32,33,36)/t23-,25-/m0/s1. The molecule has 2 saturated heterocycles. The number of nitrogens with one attached hydrogen (secondary N) is 2. The zero-order valence-corrected chi connectivity index (χ0v) is 22.5. The van der Waals surface area contributed by atoms with Crippen LogP contribution in [0.5, 0.6) is 11.5 Å². The number of hydrogen-bond donors (Lipinski definition) is 2. The van der Waals surface area contributed by atoms with Crippen LogP contribution in [0, 0.1) is 0 Å². The number of benzene rings is 2. The van der Waals surface area contributed by atoms with Crippen LogP contribution in [0.3, 0.4) is 0 Å². The molecule has 2 fully saturated rings. The van der Waals surface area contributed by atoms with Crippen molar-refractivity contribution in [2.75, 3.05) is 50.1 Å². The summed E-state index contributed by atoms with van der Waals surface area (Å²) in [6.07, 6.45) is 1.16. The lowest BCUT2D eigenvalue weighted by Crippen LogP contribution is -2.48. The number of aromatic nitrogens is 1. The van der Waals surface area contributed by atoms with Gasteiger partial charge in [0.25, 0.3) is 5.91 Å². The molecule has 208 valence electrons. The number of likely N-dealkylation sites (tertiary alicyclic amines) is 1. The Bertz CT molecular complexity index is 1400. The van der Waals surface area contributed by atoms with Crippen molar-refractivity contribution in [2.45, 2.75) is 31.5 Å². The summed E-state index contributed by atoms with van der Waals surface area (Å²) in [7, 11) is 2.13. The van der Waals surface area contributed by atoms with Crippen LogP contribution in [-0.4, -0.2) is 73.9 Å². The minimum absolute atomic E-state index is 0.0418. The van der Waals surface area contributed by atoms with Crippen LogP contribution in [0.25, 0.3) is 11.1 Å².